The minimum absolute atomic E-state index is 0.173. The topological polar surface area (TPSA) is 26.0 Å². The zero-order chi connectivity index (χ0) is 22.3. The smallest absolute Gasteiger partial charge is 0.145 e. The van der Waals surface area contributed by atoms with E-state index in [4.69, 9.17) is 9.40 Å². The highest BCUT2D eigenvalue weighted by atomic mass is 16.3. The van der Waals surface area contributed by atoms with Crippen molar-refractivity contribution >= 4 is 21.9 Å². The number of aromatic nitrogens is 1. The maximum absolute atomic E-state index is 6.64. The van der Waals surface area contributed by atoms with Gasteiger partial charge in [0.15, 0.2) is 0 Å². The summed E-state index contributed by atoms with van der Waals surface area (Å²) in [5.74, 6) is 0. The molecule has 0 bridgehead atoms. The lowest BCUT2D eigenvalue weighted by Gasteiger charge is -2.26. The van der Waals surface area contributed by atoms with E-state index in [1.807, 2.05) is 6.20 Å². The number of nitrogens with zero attached hydrogens (tertiary/aromatic N) is 1. The fourth-order valence-corrected chi connectivity index (χ4v) is 6.57. The van der Waals surface area contributed by atoms with Crippen LogP contribution in [0.25, 0.3) is 44.3 Å². The van der Waals surface area contributed by atoms with Crippen LogP contribution in [0.3, 0.4) is 0 Å². The van der Waals surface area contributed by atoms with Crippen molar-refractivity contribution in [3.05, 3.63) is 88.6 Å². The third-order valence-electron chi connectivity index (χ3n) is 8.33. The average Bonchev–Trinajstić information content (AvgIpc) is 3.52. The van der Waals surface area contributed by atoms with Crippen LogP contribution in [0.2, 0.25) is 0 Å². The van der Waals surface area contributed by atoms with E-state index in [9.17, 15) is 0 Å². The van der Waals surface area contributed by atoms with Crippen LogP contribution in [0.15, 0.2) is 65.2 Å². The monoisotopic (exact) mass is 429 g/mol. The van der Waals surface area contributed by atoms with E-state index in [1.165, 1.54) is 75.4 Å². The summed E-state index contributed by atoms with van der Waals surface area (Å²) in [7, 11) is 0. The lowest BCUT2D eigenvalue weighted by molar-refractivity contribution is 0.550. The fourth-order valence-electron chi connectivity index (χ4n) is 6.57. The quantitative estimate of drug-likeness (QED) is 0.267. The zero-order valence-electron chi connectivity index (χ0n) is 19.5. The molecule has 5 aromatic rings. The molecule has 0 radical (unpaired) electrons. The van der Waals surface area contributed by atoms with Gasteiger partial charge in [0.25, 0.3) is 0 Å². The molecule has 2 aliphatic rings. The van der Waals surface area contributed by atoms with E-state index in [2.05, 4.69) is 75.4 Å². The molecule has 2 aliphatic carbocycles. The van der Waals surface area contributed by atoms with Crippen molar-refractivity contribution in [2.75, 3.05) is 0 Å². The summed E-state index contributed by atoms with van der Waals surface area (Å²) in [6, 6.07) is 20.3. The largest absolute Gasteiger partial charge is 0.455 e. The molecule has 2 heterocycles. The number of furan rings is 1. The Bertz CT molecular complexity index is 1600. The number of aryl methyl sites for hydroxylation is 3. The predicted octanol–water partition coefficient (Wildman–Crippen LogP) is 8.41. The number of hydrogen-bond acceptors (Lipinski definition) is 2. The first kappa shape index (κ1) is 19.1. The van der Waals surface area contributed by atoms with E-state index < -0.39 is 0 Å². The zero-order valence-corrected chi connectivity index (χ0v) is 19.5. The maximum atomic E-state index is 6.64. The first-order valence-electron chi connectivity index (χ1n) is 12.1. The van der Waals surface area contributed by atoms with Crippen molar-refractivity contribution in [3.63, 3.8) is 0 Å². The molecule has 1 saturated carbocycles. The van der Waals surface area contributed by atoms with Gasteiger partial charge in [-0.3, -0.25) is 4.98 Å². The Morgan fingerprint density at radius 2 is 1.61 bits per heavy atom. The van der Waals surface area contributed by atoms with Crippen LogP contribution in [0.5, 0.6) is 0 Å². The highest BCUT2D eigenvalue weighted by Crippen LogP contribution is 2.59. The van der Waals surface area contributed by atoms with E-state index in [0.717, 1.165) is 22.4 Å². The van der Waals surface area contributed by atoms with Gasteiger partial charge >= 0.3 is 0 Å². The van der Waals surface area contributed by atoms with Gasteiger partial charge in [-0.25, -0.2) is 0 Å². The van der Waals surface area contributed by atoms with Crippen molar-refractivity contribution < 1.29 is 4.42 Å². The third-order valence-corrected chi connectivity index (χ3v) is 8.33. The third kappa shape index (κ3) is 2.41. The summed E-state index contributed by atoms with van der Waals surface area (Å²) >= 11 is 0. The average molecular weight is 430 g/mol. The Morgan fingerprint density at radius 3 is 2.42 bits per heavy atom. The molecule has 1 fully saturated rings. The van der Waals surface area contributed by atoms with Gasteiger partial charge in [0.2, 0.25) is 0 Å². The minimum atomic E-state index is 0.173. The summed E-state index contributed by atoms with van der Waals surface area (Å²) in [4.78, 5) is 4.80. The molecule has 0 amide bonds. The van der Waals surface area contributed by atoms with Crippen LogP contribution >= 0.6 is 0 Å². The number of benzene rings is 3. The lowest BCUT2D eigenvalue weighted by Crippen LogP contribution is -2.20. The number of rotatable bonds is 1. The molecule has 33 heavy (non-hydrogen) atoms. The molecule has 0 aliphatic heterocycles. The van der Waals surface area contributed by atoms with Gasteiger partial charge in [-0.1, -0.05) is 55.3 Å². The Balaban J connectivity index is 1.60. The first-order chi connectivity index (χ1) is 16.1. The van der Waals surface area contributed by atoms with Gasteiger partial charge in [0.05, 0.1) is 5.69 Å². The minimum Gasteiger partial charge on any atom is -0.455 e. The van der Waals surface area contributed by atoms with Gasteiger partial charge < -0.3 is 4.42 Å². The molecular weight excluding hydrogens is 402 g/mol. The van der Waals surface area contributed by atoms with Gasteiger partial charge in [0.1, 0.15) is 11.2 Å². The number of fused-ring (bicyclic) bond motifs is 9. The van der Waals surface area contributed by atoms with E-state index in [1.54, 1.807) is 0 Å². The molecule has 0 N–H and O–H groups in total. The van der Waals surface area contributed by atoms with Gasteiger partial charge in [0, 0.05) is 27.9 Å². The van der Waals surface area contributed by atoms with Gasteiger partial charge in [-0.2, -0.15) is 0 Å². The molecule has 0 atom stereocenters. The Morgan fingerprint density at radius 1 is 0.788 bits per heavy atom. The van der Waals surface area contributed by atoms with Crippen molar-refractivity contribution in [2.24, 2.45) is 0 Å². The summed E-state index contributed by atoms with van der Waals surface area (Å²) in [5, 5.41) is 2.47. The highest BCUT2D eigenvalue weighted by Gasteiger charge is 2.45. The van der Waals surface area contributed by atoms with E-state index in [-0.39, 0.29) is 5.41 Å². The summed E-state index contributed by atoms with van der Waals surface area (Å²) in [6.07, 6.45) is 7.08. The van der Waals surface area contributed by atoms with Crippen LogP contribution < -0.4 is 0 Å². The van der Waals surface area contributed by atoms with Crippen molar-refractivity contribution in [1.82, 2.24) is 4.98 Å². The molecule has 2 nitrogen and oxygen atoms in total. The second-order valence-electron chi connectivity index (χ2n) is 10.1. The van der Waals surface area contributed by atoms with Crippen LogP contribution in [-0.4, -0.2) is 4.98 Å². The normalized spacial score (nSPS) is 16.1. The van der Waals surface area contributed by atoms with Crippen LogP contribution in [0.4, 0.5) is 0 Å². The van der Waals surface area contributed by atoms with Crippen LogP contribution in [-0.2, 0) is 5.41 Å². The van der Waals surface area contributed by atoms with Crippen LogP contribution in [0.1, 0.15) is 53.5 Å². The molecule has 162 valence electrons. The first-order valence-corrected chi connectivity index (χ1v) is 12.1. The van der Waals surface area contributed by atoms with Crippen molar-refractivity contribution in [1.29, 1.82) is 0 Å². The van der Waals surface area contributed by atoms with Crippen molar-refractivity contribution in [3.8, 4) is 22.4 Å². The summed E-state index contributed by atoms with van der Waals surface area (Å²) in [5.41, 5.74) is 13.7. The SMILES string of the molecule is Cc1cnc(-c2c(C)ccc3c2oc2ccc4c(c23)-c2ccccc2C42CCCC2)cc1C. The second-order valence-corrected chi connectivity index (χ2v) is 10.1. The maximum Gasteiger partial charge on any atom is 0.145 e. The van der Waals surface area contributed by atoms with E-state index >= 15 is 0 Å². The molecule has 2 aromatic heterocycles. The summed E-state index contributed by atoms with van der Waals surface area (Å²) < 4.78 is 6.64. The molecule has 0 unspecified atom stereocenters. The highest BCUT2D eigenvalue weighted by molar-refractivity contribution is 6.17. The summed E-state index contributed by atoms with van der Waals surface area (Å²) in [6.45, 7) is 6.42. The Hall–Kier alpha value is -3.39. The lowest BCUT2D eigenvalue weighted by atomic mass is 9.76. The van der Waals surface area contributed by atoms with Crippen molar-refractivity contribution in [2.45, 2.75) is 51.9 Å². The fraction of sp³-hybridized carbons (Fsp3) is 0.258. The molecular formula is C31H27NO. The molecule has 1 spiro atoms. The standard InChI is InChI=1S/C31H27NO/c1-18-10-11-22-29-26(33-30(22)27(18)25-16-19(2)20(3)17-32-25)13-12-24-28(29)21-8-4-5-9-23(21)31(24)14-6-7-15-31/h4-5,8-13,16-17H,6-7,14-15H2,1-3H3. The number of hydrogen-bond donors (Lipinski definition) is 0. The predicted molar refractivity (Wildman–Crippen MR) is 136 cm³/mol. The van der Waals surface area contributed by atoms with E-state index in [0.29, 0.717) is 0 Å². The number of pyridine rings is 1. The van der Waals surface area contributed by atoms with Crippen LogP contribution in [0, 0.1) is 20.8 Å². The molecule has 0 saturated heterocycles. The van der Waals surface area contributed by atoms with Gasteiger partial charge in [-0.05, 0) is 84.7 Å². The molecule has 7 rings (SSSR count). The Labute approximate surface area is 194 Å². The molecule has 3 aromatic carbocycles. The molecule has 2 heteroatoms. The van der Waals surface area contributed by atoms with Gasteiger partial charge in [-0.15, -0.1) is 0 Å². The Kier molecular flexibility index (Phi) is 3.81. The second kappa shape index (κ2) is 6.57.